The predicted octanol–water partition coefficient (Wildman–Crippen LogP) is 1.11. The Kier molecular flexibility index (Phi) is 7.01. The van der Waals surface area contributed by atoms with Crippen LogP contribution in [0.25, 0.3) is 0 Å². The largest absolute Gasteiger partial charge is 0.499 e. The number of rotatable bonds is 7. The van der Waals surface area contributed by atoms with Crippen LogP contribution in [0.4, 0.5) is 0 Å². The maximum atomic E-state index is 10.4. The van der Waals surface area contributed by atoms with Crippen LogP contribution in [0, 0.1) is 0 Å². The zero-order chi connectivity index (χ0) is 10.1. The van der Waals surface area contributed by atoms with Crippen LogP contribution in [-0.2, 0) is 19.0 Å². The van der Waals surface area contributed by atoms with Crippen LogP contribution in [0.15, 0.2) is 12.8 Å². The Morgan fingerprint density at radius 3 is 2.77 bits per heavy atom. The first-order valence-corrected chi connectivity index (χ1v) is 4.14. The van der Waals surface area contributed by atoms with Crippen molar-refractivity contribution in [2.75, 3.05) is 19.8 Å². The Morgan fingerprint density at radius 1 is 1.54 bits per heavy atom. The molecule has 0 aliphatic carbocycles. The Labute approximate surface area is 78.5 Å². The fourth-order valence-corrected chi connectivity index (χ4v) is 0.664. The van der Waals surface area contributed by atoms with Gasteiger partial charge in [-0.25, -0.2) is 0 Å². The molecule has 0 N–H and O–H groups in total. The third-order valence-corrected chi connectivity index (χ3v) is 1.24. The van der Waals surface area contributed by atoms with E-state index in [-0.39, 0.29) is 18.7 Å². The fourth-order valence-electron chi connectivity index (χ4n) is 0.664. The molecule has 0 bridgehead atoms. The molecule has 0 spiro atoms. The van der Waals surface area contributed by atoms with Crippen LogP contribution in [0.5, 0.6) is 0 Å². The van der Waals surface area contributed by atoms with Crippen molar-refractivity contribution in [3.05, 3.63) is 12.8 Å². The van der Waals surface area contributed by atoms with Gasteiger partial charge in [0.15, 0.2) is 0 Å². The van der Waals surface area contributed by atoms with Gasteiger partial charge in [-0.3, -0.25) is 4.79 Å². The Bertz CT molecular complexity index is 156. The van der Waals surface area contributed by atoms with E-state index in [9.17, 15) is 4.79 Å². The van der Waals surface area contributed by atoms with Crippen molar-refractivity contribution < 1.29 is 19.0 Å². The molecule has 76 valence electrons. The fraction of sp³-hybridized carbons (Fsp3) is 0.667. The normalized spacial score (nSPS) is 11.8. The molecule has 13 heavy (non-hydrogen) atoms. The molecular formula is C9H16O4. The molecule has 1 atom stereocenters. The Morgan fingerprint density at radius 2 is 2.23 bits per heavy atom. The summed E-state index contributed by atoms with van der Waals surface area (Å²) < 4.78 is 14.8. The lowest BCUT2D eigenvalue weighted by molar-refractivity contribution is -0.145. The number of carbonyl (C=O) groups is 1. The number of carbonyl (C=O) groups excluding carboxylic acids is 1. The summed E-state index contributed by atoms with van der Waals surface area (Å²) in [6.45, 7) is 7.80. The minimum atomic E-state index is -0.294. The molecular weight excluding hydrogens is 172 g/mol. The summed E-state index contributed by atoms with van der Waals surface area (Å²) in [5.74, 6) is -0.294. The second-order valence-corrected chi connectivity index (χ2v) is 2.52. The highest BCUT2D eigenvalue weighted by molar-refractivity contribution is 5.65. The summed E-state index contributed by atoms with van der Waals surface area (Å²) in [5.41, 5.74) is 0. The lowest BCUT2D eigenvalue weighted by atomic mass is 10.4. The molecule has 0 fully saturated rings. The molecule has 4 nitrogen and oxygen atoms in total. The smallest absolute Gasteiger partial charge is 0.302 e. The molecule has 0 amide bonds. The zero-order valence-corrected chi connectivity index (χ0v) is 8.12. The minimum Gasteiger partial charge on any atom is -0.499 e. The summed E-state index contributed by atoms with van der Waals surface area (Å²) in [6.07, 6.45) is 1.26. The summed E-state index contributed by atoms with van der Waals surface area (Å²) in [5, 5.41) is 0. The van der Waals surface area contributed by atoms with Gasteiger partial charge in [0.1, 0.15) is 13.2 Å². The van der Waals surface area contributed by atoms with Gasteiger partial charge in [0.05, 0.1) is 19.0 Å². The van der Waals surface area contributed by atoms with E-state index < -0.39 is 0 Å². The van der Waals surface area contributed by atoms with Crippen molar-refractivity contribution in [1.82, 2.24) is 0 Å². The van der Waals surface area contributed by atoms with Gasteiger partial charge in [-0.1, -0.05) is 6.58 Å². The van der Waals surface area contributed by atoms with Crippen LogP contribution < -0.4 is 0 Å². The molecule has 0 saturated carbocycles. The van der Waals surface area contributed by atoms with Crippen LogP contribution in [0.1, 0.15) is 13.8 Å². The predicted molar refractivity (Wildman–Crippen MR) is 48.2 cm³/mol. The molecule has 0 aromatic carbocycles. The Hall–Kier alpha value is -1.03. The van der Waals surface area contributed by atoms with Crippen LogP contribution in [0.2, 0.25) is 0 Å². The van der Waals surface area contributed by atoms with E-state index in [4.69, 9.17) is 14.2 Å². The lowest BCUT2D eigenvalue weighted by Crippen LogP contribution is -2.19. The molecule has 0 aromatic rings. The molecule has 4 heteroatoms. The van der Waals surface area contributed by atoms with Crippen LogP contribution >= 0.6 is 0 Å². The van der Waals surface area contributed by atoms with Gasteiger partial charge in [-0.05, 0) is 6.92 Å². The first-order valence-electron chi connectivity index (χ1n) is 4.14. The second-order valence-electron chi connectivity index (χ2n) is 2.52. The van der Waals surface area contributed by atoms with Crippen molar-refractivity contribution in [3.8, 4) is 0 Å². The van der Waals surface area contributed by atoms with Crippen molar-refractivity contribution in [1.29, 1.82) is 0 Å². The molecule has 0 aromatic heterocycles. The first-order chi connectivity index (χ1) is 6.16. The molecule has 1 unspecified atom stereocenters. The van der Waals surface area contributed by atoms with Gasteiger partial charge in [0, 0.05) is 6.92 Å². The van der Waals surface area contributed by atoms with E-state index >= 15 is 0 Å². The number of hydrogen-bond donors (Lipinski definition) is 0. The number of esters is 1. The van der Waals surface area contributed by atoms with Crippen molar-refractivity contribution in [2.45, 2.75) is 20.0 Å². The van der Waals surface area contributed by atoms with E-state index in [0.717, 1.165) is 0 Å². The summed E-state index contributed by atoms with van der Waals surface area (Å²) >= 11 is 0. The monoisotopic (exact) mass is 188 g/mol. The van der Waals surface area contributed by atoms with Crippen molar-refractivity contribution in [2.24, 2.45) is 0 Å². The third-order valence-electron chi connectivity index (χ3n) is 1.24. The topological polar surface area (TPSA) is 44.8 Å². The van der Waals surface area contributed by atoms with Crippen molar-refractivity contribution >= 4 is 5.97 Å². The molecule has 0 aliphatic heterocycles. The highest BCUT2D eigenvalue weighted by Crippen LogP contribution is 1.92. The quantitative estimate of drug-likeness (QED) is 0.341. The second kappa shape index (κ2) is 7.61. The molecule has 0 heterocycles. The molecule has 0 rings (SSSR count). The van der Waals surface area contributed by atoms with Gasteiger partial charge < -0.3 is 14.2 Å². The van der Waals surface area contributed by atoms with E-state index in [1.165, 1.54) is 13.2 Å². The first kappa shape index (κ1) is 12.0. The standard InChI is InChI=1S/C9H16O4/c1-4-11-5-6-12-8(2)7-13-9(3)10/h4,8H,1,5-7H2,2-3H3. The van der Waals surface area contributed by atoms with Gasteiger partial charge in [-0.2, -0.15) is 0 Å². The lowest BCUT2D eigenvalue weighted by Gasteiger charge is -2.12. The number of hydrogen-bond acceptors (Lipinski definition) is 4. The van der Waals surface area contributed by atoms with E-state index in [0.29, 0.717) is 13.2 Å². The molecule has 0 saturated heterocycles. The summed E-state index contributed by atoms with van der Waals surface area (Å²) in [7, 11) is 0. The SMILES string of the molecule is C=COCCOC(C)COC(C)=O. The van der Waals surface area contributed by atoms with Crippen LogP contribution in [0.3, 0.4) is 0 Å². The number of ether oxygens (including phenoxy) is 3. The molecule has 0 aliphatic rings. The van der Waals surface area contributed by atoms with Crippen molar-refractivity contribution in [3.63, 3.8) is 0 Å². The van der Waals surface area contributed by atoms with Gasteiger partial charge in [0.25, 0.3) is 0 Å². The molecule has 0 radical (unpaired) electrons. The maximum Gasteiger partial charge on any atom is 0.302 e. The summed E-state index contributed by atoms with van der Waals surface area (Å²) in [4.78, 5) is 10.4. The third kappa shape index (κ3) is 8.88. The van der Waals surface area contributed by atoms with Crippen LogP contribution in [-0.4, -0.2) is 31.9 Å². The highest BCUT2D eigenvalue weighted by atomic mass is 16.6. The average molecular weight is 188 g/mol. The Balaban J connectivity index is 3.24. The van der Waals surface area contributed by atoms with Gasteiger partial charge in [-0.15, -0.1) is 0 Å². The van der Waals surface area contributed by atoms with Gasteiger partial charge >= 0.3 is 5.97 Å². The maximum absolute atomic E-state index is 10.4. The van der Waals surface area contributed by atoms with E-state index in [2.05, 4.69) is 6.58 Å². The van der Waals surface area contributed by atoms with E-state index in [1.807, 2.05) is 6.92 Å². The minimum absolute atomic E-state index is 0.0997. The summed E-state index contributed by atoms with van der Waals surface area (Å²) in [6, 6.07) is 0. The highest BCUT2D eigenvalue weighted by Gasteiger charge is 2.03. The van der Waals surface area contributed by atoms with E-state index in [1.54, 1.807) is 0 Å². The zero-order valence-electron chi connectivity index (χ0n) is 8.12. The van der Waals surface area contributed by atoms with Gasteiger partial charge in [0.2, 0.25) is 0 Å². The average Bonchev–Trinajstić information content (AvgIpc) is 2.09.